The van der Waals surface area contributed by atoms with Crippen LogP contribution in [0.3, 0.4) is 0 Å². The van der Waals surface area contributed by atoms with Crippen molar-refractivity contribution in [1.82, 2.24) is 5.32 Å². The minimum atomic E-state index is 0.172. The molecule has 72 valence electrons. The van der Waals surface area contributed by atoms with Gasteiger partial charge >= 0.3 is 0 Å². The summed E-state index contributed by atoms with van der Waals surface area (Å²) in [5.41, 5.74) is 0. The first-order chi connectivity index (χ1) is 6.31. The summed E-state index contributed by atoms with van der Waals surface area (Å²) >= 11 is 0. The highest BCUT2D eigenvalue weighted by atomic mass is 16.3. The molecule has 2 unspecified atom stereocenters. The second-order valence-electron chi connectivity index (χ2n) is 3.59. The average Bonchev–Trinajstić information content (AvgIpc) is 2.71. The zero-order valence-electron chi connectivity index (χ0n) is 7.79. The molecular weight excluding hydrogens is 166 g/mol. The summed E-state index contributed by atoms with van der Waals surface area (Å²) in [5.74, 6) is 2.29. The number of hydrogen-bond donors (Lipinski definition) is 2. The highest BCUT2D eigenvalue weighted by molar-refractivity contribution is 5.14. The Balaban J connectivity index is 2.15. The van der Waals surface area contributed by atoms with Gasteiger partial charge in [-0.3, -0.25) is 0 Å². The molecule has 1 aliphatic heterocycles. The number of aliphatic hydroxyl groups excluding tert-OH is 1. The summed E-state index contributed by atoms with van der Waals surface area (Å²) < 4.78 is 5.55. The Kier molecular flexibility index (Phi) is 2.38. The fraction of sp³-hybridized carbons (Fsp3) is 0.600. The van der Waals surface area contributed by atoms with Crippen molar-refractivity contribution in [2.75, 3.05) is 13.2 Å². The Hall–Kier alpha value is -0.800. The monoisotopic (exact) mass is 181 g/mol. The summed E-state index contributed by atoms with van der Waals surface area (Å²) in [6.07, 6.45) is 1.05. The van der Waals surface area contributed by atoms with E-state index in [0.29, 0.717) is 5.92 Å². The molecule has 3 nitrogen and oxygen atoms in total. The molecule has 1 aromatic rings. The van der Waals surface area contributed by atoms with E-state index in [0.717, 1.165) is 24.5 Å². The molecule has 0 aromatic carbocycles. The maximum absolute atomic E-state index is 9.10. The van der Waals surface area contributed by atoms with Crippen LogP contribution in [0.5, 0.6) is 0 Å². The third-order valence-corrected chi connectivity index (χ3v) is 2.67. The van der Waals surface area contributed by atoms with Crippen LogP contribution in [0.2, 0.25) is 0 Å². The molecule has 13 heavy (non-hydrogen) atoms. The zero-order chi connectivity index (χ0) is 9.26. The fourth-order valence-electron chi connectivity index (χ4n) is 1.95. The van der Waals surface area contributed by atoms with E-state index < -0.39 is 0 Å². The number of nitrogens with one attached hydrogen (secondary N) is 1. The number of aryl methyl sites for hydroxylation is 1. The van der Waals surface area contributed by atoms with Gasteiger partial charge in [-0.05, 0) is 32.0 Å². The topological polar surface area (TPSA) is 45.4 Å². The lowest BCUT2D eigenvalue weighted by Crippen LogP contribution is -2.29. The zero-order valence-corrected chi connectivity index (χ0v) is 7.79. The van der Waals surface area contributed by atoms with Crippen LogP contribution < -0.4 is 5.32 Å². The molecule has 0 saturated carbocycles. The Morgan fingerprint density at radius 3 is 3.08 bits per heavy atom. The molecule has 0 radical (unpaired) electrons. The second-order valence-corrected chi connectivity index (χ2v) is 3.59. The van der Waals surface area contributed by atoms with Gasteiger partial charge in [0.2, 0.25) is 0 Å². The van der Waals surface area contributed by atoms with Crippen LogP contribution in [-0.4, -0.2) is 24.3 Å². The van der Waals surface area contributed by atoms with Crippen molar-refractivity contribution in [3.05, 3.63) is 23.7 Å². The van der Waals surface area contributed by atoms with E-state index in [1.165, 1.54) is 0 Å². The van der Waals surface area contributed by atoms with Crippen LogP contribution in [0.15, 0.2) is 16.5 Å². The van der Waals surface area contributed by atoms with E-state index in [1.54, 1.807) is 0 Å². The molecule has 0 spiro atoms. The first-order valence-corrected chi connectivity index (χ1v) is 4.72. The van der Waals surface area contributed by atoms with Crippen LogP contribution in [0.4, 0.5) is 0 Å². The van der Waals surface area contributed by atoms with Gasteiger partial charge in [0.05, 0.1) is 6.61 Å². The fourth-order valence-corrected chi connectivity index (χ4v) is 1.95. The smallest absolute Gasteiger partial charge is 0.108 e. The van der Waals surface area contributed by atoms with Crippen LogP contribution in [0.1, 0.15) is 23.9 Å². The summed E-state index contributed by atoms with van der Waals surface area (Å²) in [4.78, 5) is 0. The third-order valence-electron chi connectivity index (χ3n) is 2.67. The van der Waals surface area contributed by atoms with Crippen molar-refractivity contribution in [2.45, 2.75) is 25.3 Å². The molecule has 0 aliphatic carbocycles. The average molecular weight is 181 g/mol. The highest BCUT2D eigenvalue weighted by Gasteiger charge is 2.29. The molecule has 3 heteroatoms. The van der Waals surface area contributed by atoms with Gasteiger partial charge < -0.3 is 14.8 Å². The quantitative estimate of drug-likeness (QED) is 0.716. The maximum atomic E-state index is 9.10. The Morgan fingerprint density at radius 1 is 1.62 bits per heavy atom. The van der Waals surface area contributed by atoms with Gasteiger partial charge in [0, 0.05) is 12.0 Å². The van der Waals surface area contributed by atoms with E-state index in [4.69, 9.17) is 9.52 Å². The van der Waals surface area contributed by atoms with Crippen LogP contribution in [0.25, 0.3) is 0 Å². The summed E-state index contributed by atoms with van der Waals surface area (Å²) in [7, 11) is 0. The molecule has 0 amide bonds. The van der Waals surface area contributed by atoms with Gasteiger partial charge in [0.1, 0.15) is 11.5 Å². The van der Waals surface area contributed by atoms with Crippen LogP contribution in [-0.2, 0) is 0 Å². The lowest BCUT2D eigenvalue weighted by molar-refractivity contribution is 0.237. The first-order valence-electron chi connectivity index (χ1n) is 4.72. The summed E-state index contributed by atoms with van der Waals surface area (Å²) in [6, 6.07) is 4.16. The Labute approximate surface area is 77.8 Å². The second kappa shape index (κ2) is 3.52. The Bertz CT molecular complexity index is 282. The van der Waals surface area contributed by atoms with Gasteiger partial charge in [-0.1, -0.05) is 0 Å². The van der Waals surface area contributed by atoms with Crippen molar-refractivity contribution >= 4 is 0 Å². The lowest BCUT2D eigenvalue weighted by atomic mass is 9.99. The van der Waals surface area contributed by atoms with Crippen LogP contribution >= 0.6 is 0 Å². The summed E-state index contributed by atoms with van der Waals surface area (Å²) in [5, 5.41) is 12.4. The van der Waals surface area contributed by atoms with Crippen molar-refractivity contribution < 1.29 is 9.52 Å². The standard InChI is InChI=1S/C10H15NO2/c1-7-2-3-10(13-7)8-4-5-11-9(8)6-12/h2-3,8-9,11-12H,4-6H2,1H3. The minimum Gasteiger partial charge on any atom is -0.466 e. The molecule has 2 atom stereocenters. The Morgan fingerprint density at radius 2 is 2.46 bits per heavy atom. The number of rotatable bonds is 2. The van der Waals surface area contributed by atoms with Gasteiger partial charge in [0.25, 0.3) is 0 Å². The lowest BCUT2D eigenvalue weighted by Gasteiger charge is -2.14. The molecule has 2 heterocycles. The highest BCUT2D eigenvalue weighted by Crippen LogP contribution is 2.28. The van der Waals surface area contributed by atoms with Gasteiger partial charge in [-0.2, -0.15) is 0 Å². The predicted octanol–water partition coefficient (Wildman–Crippen LogP) is 1.03. The minimum absolute atomic E-state index is 0.172. The first kappa shape index (κ1) is 8.78. The van der Waals surface area contributed by atoms with E-state index in [1.807, 2.05) is 19.1 Å². The molecular formula is C10H15NO2. The molecule has 1 fully saturated rings. The molecule has 2 N–H and O–H groups in total. The number of hydrogen-bond acceptors (Lipinski definition) is 3. The molecule has 0 bridgehead atoms. The molecule has 2 rings (SSSR count). The maximum Gasteiger partial charge on any atom is 0.108 e. The van der Waals surface area contributed by atoms with Gasteiger partial charge in [0.15, 0.2) is 0 Å². The SMILES string of the molecule is Cc1ccc(C2CCNC2CO)o1. The van der Waals surface area contributed by atoms with Crippen molar-refractivity contribution in [2.24, 2.45) is 0 Å². The van der Waals surface area contributed by atoms with Gasteiger partial charge in [-0.15, -0.1) is 0 Å². The van der Waals surface area contributed by atoms with E-state index >= 15 is 0 Å². The largest absolute Gasteiger partial charge is 0.466 e. The summed E-state index contributed by atoms with van der Waals surface area (Å²) in [6.45, 7) is 3.10. The third kappa shape index (κ3) is 1.62. The van der Waals surface area contributed by atoms with Crippen molar-refractivity contribution in [3.63, 3.8) is 0 Å². The normalized spacial score (nSPS) is 28.2. The van der Waals surface area contributed by atoms with E-state index in [9.17, 15) is 0 Å². The van der Waals surface area contributed by atoms with Crippen molar-refractivity contribution in [1.29, 1.82) is 0 Å². The molecule has 1 saturated heterocycles. The molecule has 1 aromatic heterocycles. The number of furan rings is 1. The van der Waals surface area contributed by atoms with E-state index in [-0.39, 0.29) is 12.6 Å². The van der Waals surface area contributed by atoms with Crippen LogP contribution in [0, 0.1) is 6.92 Å². The predicted molar refractivity (Wildman–Crippen MR) is 49.7 cm³/mol. The van der Waals surface area contributed by atoms with E-state index in [2.05, 4.69) is 5.32 Å². The number of aliphatic hydroxyl groups is 1. The molecule has 1 aliphatic rings. The van der Waals surface area contributed by atoms with Gasteiger partial charge in [-0.25, -0.2) is 0 Å². The van der Waals surface area contributed by atoms with Crippen molar-refractivity contribution in [3.8, 4) is 0 Å².